The van der Waals surface area contributed by atoms with Crippen molar-refractivity contribution in [1.82, 2.24) is 15.5 Å². The number of aromatic nitrogens is 2. The van der Waals surface area contributed by atoms with Gasteiger partial charge in [0, 0.05) is 17.7 Å². The highest BCUT2D eigenvalue weighted by atomic mass is 35.5. The fraction of sp³-hybridized carbons (Fsp3) is 0.267. The third kappa shape index (κ3) is 3.01. The zero-order valence-electron chi connectivity index (χ0n) is 11.5. The fourth-order valence-electron chi connectivity index (χ4n) is 2.57. The van der Waals surface area contributed by atoms with Gasteiger partial charge < -0.3 is 5.32 Å². The number of hydrogen-bond donors (Lipinski definition) is 2. The predicted molar refractivity (Wildman–Crippen MR) is 79.5 cm³/mol. The summed E-state index contributed by atoms with van der Waals surface area (Å²) in [7, 11) is 0. The van der Waals surface area contributed by atoms with Crippen LogP contribution in [0.3, 0.4) is 0 Å². The first-order valence-corrected chi connectivity index (χ1v) is 7.24. The summed E-state index contributed by atoms with van der Waals surface area (Å²) in [6.45, 7) is 0. The zero-order valence-corrected chi connectivity index (χ0v) is 12.3. The van der Waals surface area contributed by atoms with E-state index in [1.165, 1.54) is 18.2 Å². The summed E-state index contributed by atoms with van der Waals surface area (Å²) in [4.78, 5) is 23.5. The first-order chi connectivity index (χ1) is 10.5. The van der Waals surface area contributed by atoms with Crippen LogP contribution in [0.15, 0.2) is 29.1 Å². The van der Waals surface area contributed by atoms with Crippen LogP contribution >= 0.6 is 11.6 Å². The Hall–Kier alpha value is -2.21. The molecule has 114 valence electrons. The van der Waals surface area contributed by atoms with E-state index in [0.29, 0.717) is 18.4 Å². The minimum Gasteiger partial charge on any atom is -0.349 e. The maximum Gasteiger partial charge on any atom is 0.264 e. The van der Waals surface area contributed by atoms with Gasteiger partial charge in [0.25, 0.3) is 11.5 Å². The van der Waals surface area contributed by atoms with E-state index in [-0.39, 0.29) is 22.5 Å². The lowest BCUT2D eigenvalue weighted by atomic mass is 9.92. The normalized spacial score (nSPS) is 16.9. The summed E-state index contributed by atoms with van der Waals surface area (Å²) in [5.41, 5.74) is 1.75. The molecule has 1 aromatic heterocycles. The van der Waals surface area contributed by atoms with Crippen molar-refractivity contribution in [2.24, 2.45) is 0 Å². The third-order valence-corrected chi connectivity index (χ3v) is 3.98. The average Bonchev–Trinajstić information content (AvgIpc) is 2.49. The number of nitrogens with one attached hydrogen (secondary N) is 2. The van der Waals surface area contributed by atoms with E-state index in [4.69, 9.17) is 11.6 Å². The minimum atomic E-state index is -0.560. The third-order valence-electron chi connectivity index (χ3n) is 3.69. The van der Waals surface area contributed by atoms with Gasteiger partial charge in [-0.15, -0.1) is 0 Å². The standard InChI is InChI=1S/C15H13ClFN3O2/c16-11-6-8(1-3-12(11)17)15(22)18-10-2-4-13-9(5-10)7-14(21)20-19-13/h1,3,6-7,10H,2,4-5H2,(H,18,22)(H,20,21). The van der Waals surface area contributed by atoms with Crippen molar-refractivity contribution in [3.8, 4) is 0 Å². The maximum absolute atomic E-state index is 13.1. The molecule has 1 aromatic carbocycles. The molecule has 7 heteroatoms. The quantitative estimate of drug-likeness (QED) is 0.886. The summed E-state index contributed by atoms with van der Waals surface area (Å²) >= 11 is 5.68. The van der Waals surface area contributed by atoms with Crippen molar-refractivity contribution >= 4 is 17.5 Å². The Labute approximate surface area is 130 Å². The number of rotatable bonds is 2. The number of halogens is 2. The van der Waals surface area contributed by atoms with E-state index in [0.717, 1.165) is 23.7 Å². The number of nitrogens with zero attached hydrogens (tertiary/aromatic N) is 1. The molecule has 0 spiro atoms. The van der Waals surface area contributed by atoms with Crippen molar-refractivity contribution in [2.45, 2.75) is 25.3 Å². The van der Waals surface area contributed by atoms with E-state index >= 15 is 0 Å². The molecule has 1 amide bonds. The van der Waals surface area contributed by atoms with E-state index in [2.05, 4.69) is 15.5 Å². The monoisotopic (exact) mass is 321 g/mol. The molecule has 5 nitrogen and oxygen atoms in total. The van der Waals surface area contributed by atoms with Crippen LogP contribution in [0.25, 0.3) is 0 Å². The summed E-state index contributed by atoms with van der Waals surface area (Å²) in [6, 6.07) is 5.27. The number of amides is 1. The Bertz CT molecular complexity index is 791. The number of H-pyrrole nitrogens is 1. The Morgan fingerprint density at radius 2 is 2.23 bits per heavy atom. The topological polar surface area (TPSA) is 74.8 Å². The maximum atomic E-state index is 13.1. The first-order valence-electron chi connectivity index (χ1n) is 6.86. The summed E-state index contributed by atoms with van der Waals surface area (Å²) in [5.74, 6) is -0.872. The van der Waals surface area contributed by atoms with Gasteiger partial charge >= 0.3 is 0 Å². The lowest BCUT2D eigenvalue weighted by molar-refractivity contribution is 0.0933. The lowest BCUT2D eigenvalue weighted by Gasteiger charge is -2.24. The summed E-state index contributed by atoms with van der Waals surface area (Å²) in [6.07, 6.45) is 1.96. The van der Waals surface area contributed by atoms with E-state index < -0.39 is 5.82 Å². The number of hydrogen-bond acceptors (Lipinski definition) is 3. The molecule has 0 saturated heterocycles. The molecule has 0 radical (unpaired) electrons. The van der Waals surface area contributed by atoms with Gasteiger partial charge in [0.05, 0.1) is 10.7 Å². The molecule has 0 aliphatic heterocycles. The smallest absolute Gasteiger partial charge is 0.264 e. The molecule has 2 aromatic rings. The second-order valence-corrected chi connectivity index (χ2v) is 5.65. The van der Waals surface area contributed by atoms with Crippen LogP contribution < -0.4 is 10.9 Å². The van der Waals surface area contributed by atoms with Gasteiger partial charge in [-0.2, -0.15) is 5.10 Å². The minimum absolute atomic E-state index is 0.0858. The Morgan fingerprint density at radius 3 is 3.00 bits per heavy atom. The zero-order chi connectivity index (χ0) is 15.7. The van der Waals surface area contributed by atoms with Crippen molar-refractivity contribution in [1.29, 1.82) is 0 Å². The fourth-order valence-corrected chi connectivity index (χ4v) is 2.75. The van der Waals surface area contributed by atoms with E-state index in [1.807, 2.05) is 0 Å². The van der Waals surface area contributed by atoms with Crippen LogP contribution in [0.4, 0.5) is 4.39 Å². The highest BCUT2D eigenvalue weighted by molar-refractivity contribution is 6.31. The van der Waals surface area contributed by atoms with Crippen molar-refractivity contribution in [3.63, 3.8) is 0 Å². The Balaban J connectivity index is 1.72. The largest absolute Gasteiger partial charge is 0.349 e. The van der Waals surface area contributed by atoms with Crippen molar-refractivity contribution in [3.05, 3.63) is 62.3 Å². The van der Waals surface area contributed by atoms with Gasteiger partial charge in [-0.3, -0.25) is 9.59 Å². The number of fused-ring (bicyclic) bond motifs is 1. The molecule has 0 bridgehead atoms. The molecule has 3 rings (SSSR count). The van der Waals surface area contributed by atoms with Gasteiger partial charge in [-0.05, 0) is 43.0 Å². The molecular weight excluding hydrogens is 309 g/mol. The van der Waals surface area contributed by atoms with Crippen molar-refractivity contribution in [2.75, 3.05) is 0 Å². The second-order valence-electron chi connectivity index (χ2n) is 5.25. The molecular formula is C15H13ClFN3O2. The van der Waals surface area contributed by atoms with Gasteiger partial charge in [0.2, 0.25) is 0 Å². The van der Waals surface area contributed by atoms with Gasteiger partial charge in [-0.25, -0.2) is 9.49 Å². The van der Waals surface area contributed by atoms with E-state index in [9.17, 15) is 14.0 Å². The molecule has 1 aliphatic rings. The summed E-state index contributed by atoms with van der Waals surface area (Å²) in [5, 5.41) is 9.21. The van der Waals surface area contributed by atoms with Crippen LogP contribution in [-0.2, 0) is 12.8 Å². The van der Waals surface area contributed by atoms with Crippen LogP contribution in [0.5, 0.6) is 0 Å². The van der Waals surface area contributed by atoms with Crippen molar-refractivity contribution < 1.29 is 9.18 Å². The molecule has 1 atom stereocenters. The molecule has 0 fully saturated rings. The van der Waals surface area contributed by atoms with Gasteiger partial charge in [0.1, 0.15) is 5.82 Å². The highest BCUT2D eigenvalue weighted by Gasteiger charge is 2.22. The van der Waals surface area contributed by atoms with E-state index in [1.54, 1.807) is 0 Å². The Kier molecular flexibility index (Phi) is 3.94. The molecule has 0 saturated carbocycles. The molecule has 2 N–H and O–H groups in total. The number of benzene rings is 1. The lowest BCUT2D eigenvalue weighted by Crippen LogP contribution is -2.39. The molecule has 22 heavy (non-hydrogen) atoms. The Morgan fingerprint density at radius 1 is 1.41 bits per heavy atom. The number of carbonyl (C=O) groups is 1. The first kappa shape index (κ1) is 14.7. The number of aromatic amines is 1. The molecule has 1 heterocycles. The second kappa shape index (κ2) is 5.88. The molecule has 1 aliphatic carbocycles. The number of aryl methyl sites for hydroxylation is 1. The highest BCUT2D eigenvalue weighted by Crippen LogP contribution is 2.19. The van der Waals surface area contributed by atoms with Gasteiger partial charge in [0.15, 0.2) is 0 Å². The number of carbonyl (C=O) groups excluding carboxylic acids is 1. The predicted octanol–water partition coefficient (Wildman–Crippen LogP) is 1.85. The van der Waals surface area contributed by atoms with Crippen LogP contribution in [-0.4, -0.2) is 22.1 Å². The summed E-state index contributed by atoms with van der Waals surface area (Å²) < 4.78 is 13.1. The SMILES string of the molecule is O=C(NC1CCc2n[nH]c(=O)cc2C1)c1ccc(F)c(Cl)c1. The van der Waals surface area contributed by atoms with Crippen LogP contribution in [0, 0.1) is 5.82 Å². The molecule has 1 unspecified atom stereocenters. The van der Waals surface area contributed by atoms with Crippen LogP contribution in [0.1, 0.15) is 28.0 Å². The van der Waals surface area contributed by atoms with Gasteiger partial charge in [-0.1, -0.05) is 11.6 Å². The van der Waals surface area contributed by atoms with Crippen LogP contribution in [0.2, 0.25) is 5.02 Å². The average molecular weight is 322 g/mol.